The molecule has 1 fully saturated rings. The molecule has 0 unspecified atom stereocenters. The first-order chi connectivity index (χ1) is 8.36. The van der Waals surface area contributed by atoms with E-state index in [4.69, 9.17) is 0 Å². The maximum atomic E-state index is 11.7. The second kappa shape index (κ2) is 6.30. The molecule has 1 aliphatic heterocycles. The maximum Gasteiger partial charge on any atom is 0.223 e. The van der Waals surface area contributed by atoms with E-state index >= 15 is 0 Å². The molecule has 0 spiro atoms. The van der Waals surface area contributed by atoms with Crippen LogP contribution in [0.15, 0.2) is 18.6 Å². The highest BCUT2D eigenvalue weighted by Crippen LogP contribution is 2.08. The van der Waals surface area contributed by atoms with Gasteiger partial charge < -0.3 is 10.2 Å². The molecule has 0 aliphatic carbocycles. The summed E-state index contributed by atoms with van der Waals surface area (Å²) in [4.78, 5) is 21.6. The van der Waals surface area contributed by atoms with E-state index in [1.54, 1.807) is 6.20 Å². The lowest BCUT2D eigenvalue weighted by Gasteiger charge is -2.15. The van der Waals surface area contributed by atoms with E-state index in [9.17, 15) is 4.79 Å². The lowest BCUT2D eigenvalue weighted by molar-refractivity contribution is -0.130. The van der Waals surface area contributed by atoms with Crippen LogP contribution in [0, 0.1) is 0 Å². The normalized spacial score (nSPS) is 15.2. The van der Waals surface area contributed by atoms with Gasteiger partial charge in [-0.05, 0) is 18.9 Å². The molecule has 0 saturated carbocycles. The molecule has 1 amide bonds. The monoisotopic (exact) mass is 234 g/mol. The van der Waals surface area contributed by atoms with E-state index in [0.717, 1.165) is 31.6 Å². The fourth-order valence-corrected chi connectivity index (χ4v) is 1.96. The highest BCUT2D eigenvalue weighted by molar-refractivity contribution is 5.76. The molecule has 1 N–H and O–H groups in total. The number of likely N-dealkylation sites (tertiary alicyclic amines) is 1. The fourth-order valence-electron chi connectivity index (χ4n) is 1.96. The molecule has 0 radical (unpaired) electrons. The van der Waals surface area contributed by atoms with Crippen molar-refractivity contribution in [3.8, 4) is 0 Å². The Bertz CT molecular complexity index is 349. The zero-order chi connectivity index (χ0) is 11.9. The van der Waals surface area contributed by atoms with Crippen molar-refractivity contribution in [1.29, 1.82) is 0 Å². The van der Waals surface area contributed by atoms with Gasteiger partial charge in [0.05, 0.1) is 5.69 Å². The quantitative estimate of drug-likeness (QED) is 0.757. The van der Waals surface area contributed by atoms with E-state index in [1.165, 1.54) is 6.33 Å². The van der Waals surface area contributed by atoms with Crippen LogP contribution in [0.4, 0.5) is 0 Å². The van der Waals surface area contributed by atoms with Crippen molar-refractivity contribution in [2.45, 2.75) is 25.8 Å². The van der Waals surface area contributed by atoms with Crippen molar-refractivity contribution in [2.75, 3.05) is 19.6 Å². The average Bonchev–Trinajstić information content (AvgIpc) is 2.89. The van der Waals surface area contributed by atoms with Gasteiger partial charge >= 0.3 is 0 Å². The van der Waals surface area contributed by atoms with Gasteiger partial charge in [-0.3, -0.25) is 4.79 Å². The van der Waals surface area contributed by atoms with Gasteiger partial charge in [0.1, 0.15) is 6.33 Å². The number of carbonyl (C=O) groups excluding carboxylic acids is 1. The Hall–Kier alpha value is -1.49. The molecule has 1 saturated heterocycles. The summed E-state index contributed by atoms with van der Waals surface area (Å²) in [6, 6.07) is 1.87. The second-order valence-electron chi connectivity index (χ2n) is 4.22. The van der Waals surface area contributed by atoms with Gasteiger partial charge in [-0.15, -0.1) is 0 Å². The Kier molecular flexibility index (Phi) is 4.44. The molecular weight excluding hydrogens is 216 g/mol. The molecule has 2 rings (SSSR count). The molecule has 17 heavy (non-hydrogen) atoms. The summed E-state index contributed by atoms with van der Waals surface area (Å²) < 4.78 is 0. The molecule has 0 atom stereocenters. The number of amides is 1. The second-order valence-corrected chi connectivity index (χ2v) is 4.22. The molecular formula is C12H18N4O. The minimum absolute atomic E-state index is 0.262. The molecule has 1 aromatic heterocycles. The van der Waals surface area contributed by atoms with Crippen LogP contribution in [0.2, 0.25) is 0 Å². The Morgan fingerprint density at radius 3 is 2.94 bits per heavy atom. The van der Waals surface area contributed by atoms with Crippen molar-refractivity contribution >= 4 is 5.91 Å². The van der Waals surface area contributed by atoms with Crippen LogP contribution >= 0.6 is 0 Å². The first-order valence-corrected chi connectivity index (χ1v) is 6.09. The molecule has 0 bridgehead atoms. The lowest BCUT2D eigenvalue weighted by atomic mass is 10.3. The molecule has 5 nitrogen and oxygen atoms in total. The van der Waals surface area contributed by atoms with Crippen LogP contribution in [-0.4, -0.2) is 40.4 Å². The zero-order valence-electron chi connectivity index (χ0n) is 9.93. The number of hydrogen-bond acceptors (Lipinski definition) is 4. The number of nitrogens with one attached hydrogen (secondary N) is 1. The highest BCUT2D eigenvalue weighted by atomic mass is 16.2. The van der Waals surface area contributed by atoms with Gasteiger partial charge in [0.2, 0.25) is 5.91 Å². The third-order valence-corrected chi connectivity index (χ3v) is 2.92. The van der Waals surface area contributed by atoms with E-state index in [0.29, 0.717) is 19.5 Å². The SMILES string of the molecule is O=C(CCNCc1ccncn1)N1CCCC1. The van der Waals surface area contributed by atoms with Crippen LogP contribution in [0.25, 0.3) is 0 Å². The van der Waals surface area contributed by atoms with Crippen molar-refractivity contribution < 1.29 is 4.79 Å². The first kappa shape index (κ1) is 12.0. The number of carbonyl (C=O) groups is 1. The van der Waals surface area contributed by atoms with Crippen LogP contribution in [0.3, 0.4) is 0 Å². The van der Waals surface area contributed by atoms with Crippen LogP contribution in [0.1, 0.15) is 25.0 Å². The van der Waals surface area contributed by atoms with E-state index < -0.39 is 0 Å². The maximum absolute atomic E-state index is 11.7. The number of rotatable bonds is 5. The molecule has 2 heterocycles. The predicted molar refractivity (Wildman–Crippen MR) is 64.2 cm³/mol. The van der Waals surface area contributed by atoms with Crippen LogP contribution in [-0.2, 0) is 11.3 Å². The third kappa shape index (κ3) is 3.78. The van der Waals surface area contributed by atoms with Crippen molar-refractivity contribution in [3.63, 3.8) is 0 Å². The van der Waals surface area contributed by atoms with Crippen molar-refractivity contribution in [3.05, 3.63) is 24.3 Å². The van der Waals surface area contributed by atoms with Gasteiger partial charge in [0.25, 0.3) is 0 Å². The summed E-state index contributed by atoms with van der Waals surface area (Å²) in [6.07, 6.45) is 6.14. The predicted octanol–water partition coefficient (Wildman–Crippen LogP) is 0.579. The molecule has 1 aliphatic rings. The summed E-state index contributed by atoms with van der Waals surface area (Å²) in [5, 5.41) is 3.22. The summed E-state index contributed by atoms with van der Waals surface area (Å²) in [5.74, 6) is 0.262. The van der Waals surface area contributed by atoms with Gasteiger partial charge in [-0.2, -0.15) is 0 Å². The van der Waals surface area contributed by atoms with E-state index in [1.807, 2.05) is 11.0 Å². The average molecular weight is 234 g/mol. The van der Waals surface area contributed by atoms with Crippen molar-refractivity contribution in [1.82, 2.24) is 20.2 Å². The van der Waals surface area contributed by atoms with Crippen molar-refractivity contribution in [2.24, 2.45) is 0 Å². The van der Waals surface area contributed by atoms with E-state index in [-0.39, 0.29) is 5.91 Å². The summed E-state index contributed by atoms with van der Waals surface area (Å²) in [6.45, 7) is 3.27. The summed E-state index contributed by atoms with van der Waals surface area (Å²) in [5.41, 5.74) is 0.952. The fraction of sp³-hybridized carbons (Fsp3) is 0.583. The van der Waals surface area contributed by atoms with Crippen LogP contribution < -0.4 is 5.32 Å². The highest BCUT2D eigenvalue weighted by Gasteiger charge is 2.16. The topological polar surface area (TPSA) is 58.1 Å². The molecule has 92 valence electrons. The van der Waals surface area contributed by atoms with Gasteiger partial charge in [0.15, 0.2) is 0 Å². The molecule has 5 heteroatoms. The Balaban J connectivity index is 1.61. The van der Waals surface area contributed by atoms with Gasteiger partial charge in [-0.25, -0.2) is 9.97 Å². The third-order valence-electron chi connectivity index (χ3n) is 2.92. The molecule has 1 aromatic rings. The van der Waals surface area contributed by atoms with Crippen LogP contribution in [0.5, 0.6) is 0 Å². The van der Waals surface area contributed by atoms with Gasteiger partial charge in [-0.1, -0.05) is 0 Å². The van der Waals surface area contributed by atoms with Gasteiger partial charge in [0, 0.05) is 38.8 Å². The number of nitrogens with zero attached hydrogens (tertiary/aromatic N) is 3. The Labute approximate surface area is 101 Å². The minimum atomic E-state index is 0.262. The summed E-state index contributed by atoms with van der Waals surface area (Å²) >= 11 is 0. The lowest BCUT2D eigenvalue weighted by Crippen LogP contribution is -2.30. The summed E-state index contributed by atoms with van der Waals surface area (Å²) in [7, 11) is 0. The zero-order valence-corrected chi connectivity index (χ0v) is 9.93. The number of aromatic nitrogens is 2. The van der Waals surface area contributed by atoms with E-state index in [2.05, 4.69) is 15.3 Å². The minimum Gasteiger partial charge on any atom is -0.343 e. The molecule has 0 aromatic carbocycles. The Morgan fingerprint density at radius 2 is 2.24 bits per heavy atom. The standard InChI is InChI=1S/C12H18N4O/c17-12(16-7-1-2-8-16)4-6-13-9-11-3-5-14-10-15-11/h3,5,10,13H,1-2,4,6-9H2. The smallest absolute Gasteiger partial charge is 0.223 e. The largest absolute Gasteiger partial charge is 0.343 e. The number of hydrogen-bond donors (Lipinski definition) is 1. The first-order valence-electron chi connectivity index (χ1n) is 6.09. The Morgan fingerprint density at radius 1 is 1.41 bits per heavy atom.